The zero-order valence-corrected chi connectivity index (χ0v) is 15.6. The van der Waals surface area contributed by atoms with Crippen LogP contribution in [0.3, 0.4) is 0 Å². The molecule has 4 aromatic rings. The molecule has 29 heavy (non-hydrogen) atoms. The van der Waals surface area contributed by atoms with Gasteiger partial charge in [-0.15, -0.1) is 0 Å². The van der Waals surface area contributed by atoms with E-state index in [4.69, 9.17) is 0 Å². The van der Waals surface area contributed by atoms with E-state index in [1.54, 1.807) is 41.0 Å². The highest BCUT2D eigenvalue weighted by Crippen LogP contribution is 2.18. The summed E-state index contributed by atoms with van der Waals surface area (Å²) >= 11 is 0. The van der Waals surface area contributed by atoms with Crippen LogP contribution >= 0.6 is 0 Å². The molecule has 0 amide bonds. The summed E-state index contributed by atoms with van der Waals surface area (Å²) in [6.07, 6.45) is 3.42. The van der Waals surface area contributed by atoms with Gasteiger partial charge in [-0.3, -0.25) is 19.5 Å². The Morgan fingerprint density at radius 3 is 2.55 bits per heavy atom. The van der Waals surface area contributed by atoms with E-state index >= 15 is 0 Å². The second-order valence-electron chi connectivity index (χ2n) is 6.65. The van der Waals surface area contributed by atoms with E-state index in [1.807, 2.05) is 43.3 Å². The molecule has 0 bridgehead atoms. The summed E-state index contributed by atoms with van der Waals surface area (Å²) in [4.78, 5) is 28.4. The number of aromatic nitrogens is 2. The van der Waals surface area contributed by atoms with E-state index < -0.39 is 4.92 Å². The van der Waals surface area contributed by atoms with Crippen LogP contribution in [-0.4, -0.2) is 14.5 Å². The normalized spacial score (nSPS) is 11.2. The Bertz CT molecular complexity index is 1320. The molecular weight excluding hydrogens is 366 g/mol. The summed E-state index contributed by atoms with van der Waals surface area (Å²) in [5, 5.41) is 11.5. The number of hydrogen-bond acceptors (Lipinski definition) is 4. The lowest BCUT2D eigenvalue weighted by Gasteiger charge is -2.12. The highest BCUT2D eigenvalue weighted by atomic mass is 16.6. The van der Waals surface area contributed by atoms with Gasteiger partial charge in [0.05, 0.1) is 21.5 Å². The zero-order chi connectivity index (χ0) is 20.4. The molecule has 1 heterocycles. The van der Waals surface area contributed by atoms with Gasteiger partial charge in [-0.1, -0.05) is 42.5 Å². The molecule has 0 saturated carbocycles. The first-order chi connectivity index (χ1) is 14.0. The van der Waals surface area contributed by atoms with E-state index in [0.717, 1.165) is 5.56 Å². The highest BCUT2D eigenvalue weighted by molar-refractivity contribution is 5.80. The largest absolute Gasteiger partial charge is 0.270 e. The first-order valence-electron chi connectivity index (χ1n) is 9.04. The molecule has 0 saturated heterocycles. The molecule has 0 fully saturated rings. The zero-order valence-electron chi connectivity index (χ0n) is 15.6. The molecule has 0 atom stereocenters. The predicted octanol–water partition coefficient (Wildman–Crippen LogP) is 4.77. The second-order valence-corrected chi connectivity index (χ2v) is 6.65. The maximum Gasteiger partial charge on any atom is 0.270 e. The molecule has 142 valence electrons. The molecule has 0 radical (unpaired) electrons. The Morgan fingerprint density at radius 1 is 0.966 bits per heavy atom. The summed E-state index contributed by atoms with van der Waals surface area (Å²) in [6.45, 7) is 1.96. The summed E-state index contributed by atoms with van der Waals surface area (Å²) in [5.41, 5.74) is 2.83. The first kappa shape index (κ1) is 18.3. The molecule has 6 heteroatoms. The monoisotopic (exact) mass is 383 g/mol. The Balaban J connectivity index is 1.91. The fourth-order valence-electron chi connectivity index (χ4n) is 3.19. The van der Waals surface area contributed by atoms with Gasteiger partial charge < -0.3 is 0 Å². The lowest BCUT2D eigenvalue weighted by atomic mass is 10.1. The minimum atomic E-state index is -0.436. The molecule has 3 aromatic carbocycles. The number of non-ortho nitro benzene ring substituents is 1. The van der Waals surface area contributed by atoms with Gasteiger partial charge in [0, 0.05) is 12.1 Å². The number of nitro groups is 1. The van der Waals surface area contributed by atoms with Crippen LogP contribution in [-0.2, 0) is 0 Å². The second kappa shape index (κ2) is 7.52. The van der Waals surface area contributed by atoms with Crippen molar-refractivity contribution >= 4 is 28.7 Å². The topological polar surface area (TPSA) is 78.0 Å². The van der Waals surface area contributed by atoms with Crippen LogP contribution < -0.4 is 5.56 Å². The molecule has 0 spiro atoms. The summed E-state index contributed by atoms with van der Waals surface area (Å²) in [6, 6.07) is 21.1. The third kappa shape index (κ3) is 3.68. The lowest BCUT2D eigenvalue weighted by Crippen LogP contribution is -2.22. The number of rotatable bonds is 4. The van der Waals surface area contributed by atoms with Crippen molar-refractivity contribution in [3.05, 3.63) is 110 Å². The molecule has 0 unspecified atom stereocenters. The fraction of sp³-hybridized carbons (Fsp3) is 0.0435. The quantitative estimate of drug-likeness (QED) is 0.375. The van der Waals surface area contributed by atoms with Crippen LogP contribution in [0.2, 0.25) is 0 Å². The highest BCUT2D eigenvalue weighted by Gasteiger charge is 2.11. The average molecular weight is 383 g/mol. The molecule has 6 nitrogen and oxygen atoms in total. The van der Waals surface area contributed by atoms with Crippen molar-refractivity contribution < 1.29 is 4.92 Å². The van der Waals surface area contributed by atoms with Crippen molar-refractivity contribution in [3.8, 4) is 5.69 Å². The van der Waals surface area contributed by atoms with Crippen LogP contribution in [0.1, 0.15) is 17.0 Å². The summed E-state index contributed by atoms with van der Waals surface area (Å²) in [5.74, 6) is 0.450. The van der Waals surface area contributed by atoms with Crippen molar-refractivity contribution in [3.63, 3.8) is 0 Å². The van der Waals surface area contributed by atoms with E-state index in [1.165, 1.54) is 12.1 Å². The fourth-order valence-corrected chi connectivity index (χ4v) is 3.19. The maximum absolute atomic E-state index is 13.2. The third-order valence-electron chi connectivity index (χ3n) is 4.57. The van der Waals surface area contributed by atoms with Gasteiger partial charge in [-0.05, 0) is 48.4 Å². The lowest BCUT2D eigenvalue weighted by molar-refractivity contribution is -0.384. The van der Waals surface area contributed by atoms with Crippen LogP contribution in [0.15, 0.2) is 77.6 Å². The van der Waals surface area contributed by atoms with Gasteiger partial charge in [0.15, 0.2) is 0 Å². The van der Waals surface area contributed by atoms with Gasteiger partial charge in [-0.25, -0.2) is 4.98 Å². The van der Waals surface area contributed by atoms with Crippen LogP contribution in [0, 0.1) is 17.0 Å². The van der Waals surface area contributed by atoms with Gasteiger partial charge in [0.2, 0.25) is 0 Å². The Hall–Kier alpha value is -4.06. The first-order valence-corrected chi connectivity index (χ1v) is 9.04. The molecule has 0 aliphatic carbocycles. The van der Waals surface area contributed by atoms with Crippen LogP contribution in [0.25, 0.3) is 28.7 Å². The van der Waals surface area contributed by atoms with Crippen molar-refractivity contribution in [2.24, 2.45) is 0 Å². The number of nitro benzene ring substituents is 1. The number of aryl methyl sites for hydroxylation is 1. The predicted molar refractivity (Wildman–Crippen MR) is 114 cm³/mol. The maximum atomic E-state index is 13.2. The van der Waals surface area contributed by atoms with Gasteiger partial charge >= 0.3 is 0 Å². The minimum absolute atomic E-state index is 0.00898. The molecule has 0 aliphatic heterocycles. The van der Waals surface area contributed by atoms with E-state index in [-0.39, 0.29) is 11.2 Å². The van der Waals surface area contributed by atoms with Gasteiger partial charge in [0.1, 0.15) is 5.82 Å². The standard InChI is InChI=1S/C23H17N3O3/c1-16-6-4-8-18(14-16)25-22(24-21-11-3-2-10-20(21)23(25)27)13-12-17-7-5-9-19(15-17)26(28)29/h2-15H,1H3/b13-12-. The number of hydrogen-bond donors (Lipinski definition) is 0. The molecular formula is C23H17N3O3. The molecule has 0 aliphatic rings. The number of benzene rings is 3. The van der Waals surface area contributed by atoms with Crippen LogP contribution in [0.4, 0.5) is 5.69 Å². The minimum Gasteiger partial charge on any atom is -0.268 e. The van der Waals surface area contributed by atoms with E-state index in [2.05, 4.69) is 4.98 Å². The van der Waals surface area contributed by atoms with Crippen molar-refractivity contribution in [1.29, 1.82) is 0 Å². The Labute approximate surface area is 166 Å². The molecule has 4 rings (SSSR count). The smallest absolute Gasteiger partial charge is 0.268 e. The number of para-hydroxylation sites is 1. The Morgan fingerprint density at radius 2 is 1.76 bits per heavy atom. The van der Waals surface area contributed by atoms with E-state index in [9.17, 15) is 14.9 Å². The average Bonchev–Trinajstić information content (AvgIpc) is 2.72. The van der Waals surface area contributed by atoms with Crippen LogP contribution in [0.5, 0.6) is 0 Å². The Kier molecular flexibility index (Phi) is 4.75. The van der Waals surface area contributed by atoms with Crippen molar-refractivity contribution in [2.75, 3.05) is 0 Å². The van der Waals surface area contributed by atoms with Gasteiger partial charge in [-0.2, -0.15) is 0 Å². The molecule has 1 aromatic heterocycles. The van der Waals surface area contributed by atoms with Crippen molar-refractivity contribution in [2.45, 2.75) is 6.92 Å². The van der Waals surface area contributed by atoms with Crippen molar-refractivity contribution in [1.82, 2.24) is 9.55 Å². The van der Waals surface area contributed by atoms with Gasteiger partial charge in [0.25, 0.3) is 11.2 Å². The number of nitrogens with zero attached hydrogens (tertiary/aromatic N) is 3. The summed E-state index contributed by atoms with van der Waals surface area (Å²) in [7, 11) is 0. The summed E-state index contributed by atoms with van der Waals surface area (Å²) < 4.78 is 1.56. The SMILES string of the molecule is Cc1cccc(-n2c(/C=C\c3cccc([N+](=O)[O-])c3)nc3ccccc3c2=O)c1. The number of fused-ring (bicyclic) bond motifs is 1. The van der Waals surface area contributed by atoms with E-state index in [0.29, 0.717) is 28.0 Å². The third-order valence-corrected chi connectivity index (χ3v) is 4.57. The molecule has 0 N–H and O–H groups in total.